The Balaban J connectivity index is 0.000000617. The number of Topliss-reactive ketones (excluding diaryl/α,β-unsaturated/α-hetero) is 1. The summed E-state index contributed by atoms with van der Waals surface area (Å²) in [6.07, 6.45) is 4.27. The van der Waals surface area contributed by atoms with Crippen LogP contribution in [0.25, 0.3) is 17.0 Å². The first-order chi connectivity index (χ1) is 17.9. The second-order valence-electron chi connectivity index (χ2n) is 8.98. The number of hydrogen-bond acceptors (Lipinski definition) is 8. The zero-order valence-electron chi connectivity index (χ0n) is 21.3. The van der Waals surface area contributed by atoms with E-state index < -0.39 is 15.7 Å². The van der Waals surface area contributed by atoms with E-state index in [2.05, 4.69) is 10.1 Å². The molecule has 2 aromatic heterocycles. The summed E-state index contributed by atoms with van der Waals surface area (Å²) in [7, 11) is -2.05. The molecule has 10 nitrogen and oxygen atoms in total. The van der Waals surface area contributed by atoms with Crippen LogP contribution in [0.4, 0.5) is 0 Å². The van der Waals surface area contributed by atoms with Gasteiger partial charge in [0, 0.05) is 11.8 Å². The lowest BCUT2D eigenvalue weighted by molar-refractivity contribution is -0.125. The summed E-state index contributed by atoms with van der Waals surface area (Å²) < 4.78 is 44.8. The molecule has 11 heteroatoms. The molecule has 3 heterocycles. The lowest BCUT2D eigenvalue weighted by Crippen LogP contribution is -2.29. The highest BCUT2D eigenvalue weighted by Crippen LogP contribution is 2.41. The largest absolute Gasteiger partial charge is 0.497 e. The van der Waals surface area contributed by atoms with Crippen LogP contribution >= 0.6 is 0 Å². The molecule has 0 fully saturated rings. The number of ketones is 1. The third-order valence-corrected chi connectivity index (χ3v) is 5.53. The zero-order valence-corrected chi connectivity index (χ0v) is 22.1. The fourth-order valence-electron chi connectivity index (χ4n) is 3.79. The highest BCUT2D eigenvalue weighted by atomic mass is 32.2. The van der Waals surface area contributed by atoms with Crippen LogP contribution in [0.3, 0.4) is 0 Å². The van der Waals surface area contributed by atoms with Crippen molar-refractivity contribution >= 4 is 32.9 Å². The number of methoxy groups -OCH3 is 1. The van der Waals surface area contributed by atoms with Gasteiger partial charge in [0.15, 0.2) is 11.2 Å². The Morgan fingerprint density at radius 3 is 2.21 bits per heavy atom. The summed E-state index contributed by atoms with van der Waals surface area (Å²) in [5, 5.41) is 4.22. The van der Waals surface area contributed by atoms with Crippen molar-refractivity contribution in [3.05, 3.63) is 89.9 Å². The van der Waals surface area contributed by atoms with E-state index in [1.807, 2.05) is 66.9 Å². The van der Waals surface area contributed by atoms with Gasteiger partial charge in [0.25, 0.3) is 10.1 Å². The minimum atomic E-state index is -3.67. The lowest BCUT2D eigenvalue weighted by atomic mass is 9.92. The molecule has 0 amide bonds. The Morgan fingerprint density at radius 2 is 1.61 bits per heavy atom. The van der Waals surface area contributed by atoms with Crippen LogP contribution in [-0.4, -0.2) is 52.3 Å². The molecular formula is C27H27N3O7S. The van der Waals surface area contributed by atoms with Crippen LogP contribution in [0.1, 0.15) is 30.7 Å². The Morgan fingerprint density at radius 1 is 1.00 bits per heavy atom. The summed E-state index contributed by atoms with van der Waals surface area (Å²) in [5.41, 5.74) is 2.78. The molecule has 0 aliphatic carbocycles. The summed E-state index contributed by atoms with van der Waals surface area (Å²) in [6.45, 7) is 3.89. The van der Waals surface area contributed by atoms with Crippen LogP contribution in [0.15, 0.2) is 73.1 Å². The maximum atomic E-state index is 13.2. The van der Waals surface area contributed by atoms with Gasteiger partial charge >= 0.3 is 0 Å². The van der Waals surface area contributed by atoms with E-state index in [1.54, 1.807) is 31.7 Å². The molecule has 0 atom stereocenters. The average Bonchev–Trinajstić information content (AvgIpc) is 3.40. The number of carbonyl (C=O) groups is 1. The number of hydrogen-bond donors (Lipinski definition) is 1. The molecule has 0 bridgehead atoms. The average molecular weight is 538 g/mol. The van der Waals surface area contributed by atoms with Crippen LogP contribution in [0.2, 0.25) is 0 Å². The van der Waals surface area contributed by atoms with E-state index >= 15 is 0 Å². The van der Waals surface area contributed by atoms with Crippen LogP contribution < -0.4 is 9.47 Å². The molecule has 5 rings (SSSR count). The maximum absolute atomic E-state index is 13.2. The number of rotatable bonds is 6. The number of fused-ring (bicyclic) bond motifs is 1. The SMILES string of the molecule is COc1ccc(C2=C(c3ccc(OCc4cn5ncccc5n4)cc3)C(=O)C(C)(C)O2)cc1.CS(=O)(=O)O. The topological polar surface area (TPSA) is 129 Å². The minimum Gasteiger partial charge on any atom is -0.497 e. The Labute approximate surface area is 220 Å². The van der Waals surface area contributed by atoms with E-state index in [9.17, 15) is 13.2 Å². The standard InChI is InChI=1S/C26H23N3O4.CH4O3S/c1-26(2)25(30)23(24(33-26)18-8-10-20(31-3)11-9-18)17-6-12-21(13-7-17)32-16-19-15-29-22(28-19)5-4-14-27-29;1-5(2,3)4/h4-15H,16H2,1-3H3;1H3,(H,2,3,4). The van der Waals surface area contributed by atoms with Gasteiger partial charge in [-0.1, -0.05) is 12.1 Å². The van der Waals surface area contributed by atoms with Gasteiger partial charge in [-0.25, -0.2) is 9.50 Å². The third-order valence-electron chi connectivity index (χ3n) is 5.53. The van der Waals surface area contributed by atoms with Crippen LogP contribution in [0.5, 0.6) is 11.5 Å². The van der Waals surface area contributed by atoms with Gasteiger partial charge in [-0.2, -0.15) is 13.5 Å². The number of imidazole rings is 1. The molecule has 198 valence electrons. The molecule has 0 unspecified atom stereocenters. The molecule has 1 aliphatic heterocycles. The molecule has 2 aromatic carbocycles. The monoisotopic (exact) mass is 537 g/mol. The predicted octanol–water partition coefficient (Wildman–Crippen LogP) is 4.07. The highest BCUT2D eigenvalue weighted by molar-refractivity contribution is 7.85. The molecule has 4 aromatic rings. The minimum absolute atomic E-state index is 0.0563. The van der Waals surface area contributed by atoms with Crippen molar-refractivity contribution < 1.29 is 32.0 Å². The highest BCUT2D eigenvalue weighted by Gasteiger charge is 2.42. The van der Waals surface area contributed by atoms with Gasteiger partial charge in [0.2, 0.25) is 5.78 Å². The van der Waals surface area contributed by atoms with Crippen molar-refractivity contribution in [3.63, 3.8) is 0 Å². The van der Waals surface area contributed by atoms with Gasteiger partial charge in [0.05, 0.1) is 30.8 Å². The summed E-state index contributed by atoms with van der Waals surface area (Å²) in [6, 6.07) is 18.7. The predicted molar refractivity (Wildman–Crippen MR) is 141 cm³/mol. The van der Waals surface area contributed by atoms with Crippen molar-refractivity contribution in [2.75, 3.05) is 13.4 Å². The van der Waals surface area contributed by atoms with Gasteiger partial charge < -0.3 is 14.2 Å². The first kappa shape index (κ1) is 26.8. The van der Waals surface area contributed by atoms with Gasteiger partial charge in [-0.3, -0.25) is 9.35 Å². The van der Waals surface area contributed by atoms with Crippen molar-refractivity contribution in [1.29, 1.82) is 0 Å². The van der Waals surface area contributed by atoms with Crippen molar-refractivity contribution in [1.82, 2.24) is 14.6 Å². The van der Waals surface area contributed by atoms with Crippen molar-refractivity contribution in [2.24, 2.45) is 0 Å². The normalized spacial score (nSPS) is 14.6. The van der Waals surface area contributed by atoms with Gasteiger partial charge in [-0.15, -0.1) is 0 Å². The van der Waals surface area contributed by atoms with Gasteiger partial charge in [0.1, 0.15) is 23.9 Å². The first-order valence-electron chi connectivity index (χ1n) is 11.5. The number of ether oxygens (including phenoxy) is 3. The summed E-state index contributed by atoms with van der Waals surface area (Å²) in [5.74, 6) is 1.94. The fourth-order valence-corrected chi connectivity index (χ4v) is 3.79. The molecule has 0 spiro atoms. The maximum Gasteiger partial charge on any atom is 0.261 e. The lowest BCUT2D eigenvalue weighted by Gasteiger charge is -2.17. The second-order valence-corrected chi connectivity index (χ2v) is 10.4. The quantitative estimate of drug-likeness (QED) is 0.362. The molecule has 1 N–H and O–H groups in total. The molecule has 0 saturated heterocycles. The second kappa shape index (κ2) is 10.6. The van der Waals surface area contributed by atoms with Crippen LogP contribution in [0, 0.1) is 0 Å². The smallest absolute Gasteiger partial charge is 0.261 e. The van der Waals surface area contributed by atoms with E-state index in [0.29, 0.717) is 29.9 Å². The van der Waals surface area contributed by atoms with Crippen LogP contribution in [-0.2, 0) is 26.3 Å². The van der Waals surface area contributed by atoms with E-state index in [-0.39, 0.29) is 5.78 Å². The van der Waals surface area contributed by atoms with Crippen molar-refractivity contribution in [3.8, 4) is 11.5 Å². The Hall–Kier alpha value is -4.22. The molecule has 0 radical (unpaired) electrons. The van der Waals surface area contributed by atoms with E-state index in [4.69, 9.17) is 18.8 Å². The fraction of sp³-hybridized carbons (Fsp3) is 0.222. The molecule has 0 saturated carbocycles. The summed E-state index contributed by atoms with van der Waals surface area (Å²) in [4.78, 5) is 17.6. The molecular weight excluding hydrogens is 510 g/mol. The van der Waals surface area contributed by atoms with E-state index in [0.717, 1.165) is 28.2 Å². The van der Waals surface area contributed by atoms with E-state index in [1.165, 1.54) is 0 Å². The van der Waals surface area contributed by atoms with Gasteiger partial charge in [-0.05, 0) is 67.9 Å². The Kier molecular flexibility index (Phi) is 7.51. The Bertz CT molecular complexity index is 1550. The van der Waals surface area contributed by atoms with Crippen molar-refractivity contribution in [2.45, 2.75) is 26.1 Å². The summed E-state index contributed by atoms with van der Waals surface area (Å²) >= 11 is 0. The molecule has 38 heavy (non-hydrogen) atoms. The number of carbonyl (C=O) groups excluding carboxylic acids is 1. The first-order valence-corrected chi connectivity index (χ1v) is 13.4. The molecule has 1 aliphatic rings. The number of benzene rings is 2. The number of nitrogens with zero attached hydrogens (tertiary/aromatic N) is 3. The third kappa shape index (κ3) is 6.36. The number of aromatic nitrogens is 3. The zero-order chi connectivity index (χ0) is 27.5.